The summed E-state index contributed by atoms with van der Waals surface area (Å²) in [5.41, 5.74) is 1.14. The van der Waals surface area contributed by atoms with Gasteiger partial charge in [-0.25, -0.2) is 0 Å². The molecule has 1 fully saturated rings. The van der Waals surface area contributed by atoms with Crippen LogP contribution in [0.4, 0.5) is 0 Å². The van der Waals surface area contributed by atoms with Crippen LogP contribution in [0.15, 0.2) is 24.7 Å². The lowest BCUT2D eigenvalue weighted by Crippen LogP contribution is -2.37. The molecule has 8 nitrogen and oxygen atoms in total. The summed E-state index contributed by atoms with van der Waals surface area (Å²) in [7, 11) is 0. The average molecular weight is 305 g/mol. The molecule has 0 aliphatic carbocycles. The average Bonchev–Trinajstić information content (AvgIpc) is 2.90. The van der Waals surface area contributed by atoms with E-state index in [0.29, 0.717) is 43.9 Å². The van der Waals surface area contributed by atoms with E-state index >= 15 is 0 Å². The van der Waals surface area contributed by atoms with Crippen molar-refractivity contribution in [3.63, 3.8) is 0 Å². The van der Waals surface area contributed by atoms with Crippen molar-refractivity contribution in [1.29, 1.82) is 0 Å². The zero-order valence-corrected chi connectivity index (χ0v) is 12.2. The fourth-order valence-corrected chi connectivity index (χ4v) is 2.72. The van der Waals surface area contributed by atoms with Crippen LogP contribution in [0.1, 0.15) is 10.4 Å². The van der Waals surface area contributed by atoms with E-state index in [-0.39, 0.29) is 12.5 Å². The molecular weight excluding hydrogens is 286 g/mol. The van der Waals surface area contributed by atoms with Crippen molar-refractivity contribution in [3.05, 3.63) is 30.2 Å². The Kier molecular flexibility index (Phi) is 4.32. The van der Waals surface area contributed by atoms with Gasteiger partial charge in [0.15, 0.2) is 5.65 Å². The minimum Gasteiger partial charge on any atom is -0.395 e. The van der Waals surface area contributed by atoms with Crippen LogP contribution in [0.3, 0.4) is 0 Å². The number of fused-ring (bicyclic) bond motifs is 1. The fourth-order valence-electron chi connectivity index (χ4n) is 2.72. The maximum absolute atomic E-state index is 12.6. The number of aliphatic hydroxyl groups excluding tert-OH is 2. The van der Waals surface area contributed by atoms with Gasteiger partial charge in [0.05, 0.1) is 12.7 Å². The first kappa shape index (κ1) is 14.9. The second-order valence-electron chi connectivity index (χ2n) is 5.44. The summed E-state index contributed by atoms with van der Waals surface area (Å²) in [6.45, 7) is 2.46. The van der Waals surface area contributed by atoms with Crippen molar-refractivity contribution in [3.8, 4) is 0 Å². The molecule has 118 valence electrons. The van der Waals surface area contributed by atoms with Gasteiger partial charge in [0.2, 0.25) is 0 Å². The van der Waals surface area contributed by atoms with Crippen LogP contribution < -0.4 is 0 Å². The number of amides is 1. The highest BCUT2D eigenvalue weighted by atomic mass is 16.3. The van der Waals surface area contributed by atoms with E-state index in [9.17, 15) is 9.90 Å². The van der Waals surface area contributed by atoms with Gasteiger partial charge < -0.3 is 15.1 Å². The van der Waals surface area contributed by atoms with Crippen molar-refractivity contribution in [2.75, 3.05) is 39.3 Å². The predicted octanol–water partition coefficient (Wildman–Crippen LogP) is -1.16. The first-order valence-corrected chi connectivity index (χ1v) is 7.27. The molecule has 0 bridgehead atoms. The van der Waals surface area contributed by atoms with Crippen LogP contribution in [0, 0.1) is 0 Å². The highest BCUT2D eigenvalue weighted by Crippen LogP contribution is 2.11. The van der Waals surface area contributed by atoms with Crippen LogP contribution >= 0.6 is 0 Å². The molecule has 1 saturated heterocycles. The number of pyridine rings is 1. The molecule has 8 heteroatoms. The summed E-state index contributed by atoms with van der Waals surface area (Å²) in [6, 6.07) is 3.42. The van der Waals surface area contributed by atoms with Gasteiger partial charge in [0, 0.05) is 44.5 Å². The molecule has 2 aromatic heterocycles. The zero-order valence-electron chi connectivity index (χ0n) is 12.2. The number of aromatic nitrogens is 3. The quantitative estimate of drug-likeness (QED) is 0.743. The summed E-state index contributed by atoms with van der Waals surface area (Å²) in [4.78, 5) is 16.2. The molecule has 2 N–H and O–H groups in total. The highest BCUT2D eigenvalue weighted by molar-refractivity contribution is 5.95. The normalized spacial score (nSPS) is 20.3. The van der Waals surface area contributed by atoms with Gasteiger partial charge in [-0.2, -0.15) is 0 Å². The van der Waals surface area contributed by atoms with E-state index in [1.54, 1.807) is 34.0 Å². The van der Waals surface area contributed by atoms with Crippen molar-refractivity contribution in [1.82, 2.24) is 24.4 Å². The van der Waals surface area contributed by atoms with E-state index in [2.05, 4.69) is 10.2 Å². The molecule has 2 aromatic rings. The Bertz CT molecular complexity index is 659. The fraction of sp³-hybridized carbons (Fsp3) is 0.500. The van der Waals surface area contributed by atoms with Crippen LogP contribution in [-0.4, -0.2) is 86.0 Å². The van der Waals surface area contributed by atoms with E-state index in [1.807, 2.05) is 4.90 Å². The SMILES string of the molecule is O=C(c1ccn2cnnc2c1)N1CCN(CCO)CC(O)C1. The van der Waals surface area contributed by atoms with Gasteiger partial charge in [-0.15, -0.1) is 10.2 Å². The molecule has 1 atom stereocenters. The third-order valence-electron chi connectivity index (χ3n) is 3.84. The summed E-state index contributed by atoms with van der Waals surface area (Å²) in [6.07, 6.45) is 2.70. The lowest BCUT2D eigenvalue weighted by molar-refractivity contribution is 0.0661. The Labute approximate surface area is 127 Å². The topological polar surface area (TPSA) is 94.2 Å². The summed E-state index contributed by atoms with van der Waals surface area (Å²) < 4.78 is 1.73. The van der Waals surface area contributed by atoms with E-state index in [0.717, 1.165) is 0 Å². The third-order valence-corrected chi connectivity index (χ3v) is 3.84. The van der Waals surface area contributed by atoms with Gasteiger partial charge in [-0.05, 0) is 12.1 Å². The monoisotopic (exact) mass is 305 g/mol. The van der Waals surface area contributed by atoms with E-state index < -0.39 is 6.10 Å². The zero-order chi connectivity index (χ0) is 15.5. The summed E-state index contributed by atoms with van der Waals surface area (Å²) >= 11 is 0. The number of rotatable bonds is 3. The molecule has 3 rings (SSSR count). The lowest BCUT2D eigenvalue weighted by Gasteiger charge is -2.21. The first-order chi connectivity index (χ1) is 10.7. The van der Waals surface area contributed by atoms with Gasteiger partial charge in [-0.3, -0.25) is 14.1 Å². The number of hydrogen-bond acceptors (Lipinski definition) is 6. The molecule has 0 spiro atoms. The summed E-state index contributed by atoms with van der Waals surface area (Å²) in [5, 5.41) is 26.8. The van der Waals surface area contributed by atoms with Crippen LogP contribution in [0.2, 0.25) is 0 Å². The maximum atomic E-state index is 12.6. The van der Waals surface area contributed by atoms with Gasteiger partial charge in [0.25, 0.3) is 5.91 Å². The van der Waals surface area contributed by atoms with Gasteiger partial charge in [0.1, 0.15) is 6.33 Å². The third kappa shape index (κ3) is 3.08. The molecule has 1 aliphatic rings. The second-order valence-corrected chi connectivity index (χ2v) is 5.44. The molecule has 0 radical (unpaired) electrons. The highest BCUT2D eigenvalue weighted by Gasteiger charge is 2.25. The number of β-amino-alcohol motifs (C(OH)–C–C–N with tert-alkyl or cyclic N) is 2. The van der Waals surface area contributed by atoms with E-state index in [4.69, 9.17) is 5.11 Å². The number of nitrogens with zero attached hydrogens (tertiary/aromatic N) is 5. The van der Waals surface area contributed by atoms with Crippen molar-refractivity contribution < 1.29 is 15.0 Å². The van der Waals surface area contributed by atoms with Crippen molar-refractivity contribution >= 4 is 11.6 Å². The molecule has 0 aromatic carbocycles. The van der Waals surface area contributed by atoms with Gasteiger partial charge in [-0.1, -0.05) is 0 Å². The smallest absolute Gasteiger partial charge is 0.254 e. The largest absolute Gasteiger partial charge is 0.395 e. The van der Waals surface area contributed by atoms with Gasteiger partial charge >= 0.3 is 0 Å². The summed E-state index contributed by atoms with van der Waals surface area (Å²) in [5.74, 6) is -0.129. The van der Waals surface area contributed by atoms with E-state index in [1.165, 1.54) is 0 Å². The Morgan fingerprint density at radius 3 is 3.05 bits per heavy atom. The molecule has 0 saturated carbocycles. The van der Waals surface area contributed by atoms with Crippen molar-refractivity contribution in [2.24, 2.45) is 0 Å². The molecule has 1 aliphatic heterocycles. The molecule has 1 amide bonds. The Hall–Kier alpha value is -2.03. The van der Waals surface area contributed by atoms with Crippen LogP contribution in [-0.2, 0) is 0 Å². The molecule has 22 heavy (non-hydrogen) atoms. The lowest BCUT2D eigenvalue weighted by atomic mass is 10.2. The number of carbonyl (C=O) groups excluding carboxylic acids is 1. The van der Waals surface area contributed by atoms with Crippen LogP contribution in [0.25, 0.3) is 5.65 Å². The van der Waals surface area contributed by atoms with Crippen LogP contribution in [0.5, 0.6) is 0 Å². The maximum Gasteiger partial charge on any atom is 0.254 e. The standard InChI is InChI=1S/C14H19N5O3/c20-6-5-17-3-4-18(9-12(21)8-17)14(22)11-1-2-19-10-15-16-13(19)7-11/h1-2,7,10,12,20-21H,3-6,8-9H2. The Morgan fingerprint density at radius 2 is 2.23 bits per heavy atom. The Balaban J connectivity index is 1.75. The number of carbonyl (C=O) groups is 1. The number of hydrogen-bond donors (Lipinski definition) is 2. The minimum absolute atomic E-state index is 0.0458. The number of aliphatic hydroxyl groups is 2. The first-order valence-electron chi connectivity index (χ1n) is 7.27. The predicted molar refractivity (Wildman–Crippen MR) is 78.4 cm³/mol. The Morgan fingerprint density at radius 1 is 1.36 bits per heavy atom. The molecular formula is C14H19N5O3. The molecule has 1 unspecified atom stereocenters. The molecule has 3 heterocycles. The second kappa shape index (κ2) is 6.39. The van der Waals surface area contributed by atoms with Crippen molar-refractivity contribution in [2.45, 2.75) is 6.10 Å². The minimum atomic E-state index is -0.616.